The van der Waals surface area contributed by atoms with Gasteiger partial charge in [0, 0.05) is 24.6 Å². The largest absolute Gasteiger partial charge is 0.317 e. The van der Waals surface area contributed by atoms with Gasteiger partial charge in [0.2, 0.25) is 0 Å². The maximum Gasteiger partial charge on any atom is 0.164 e. The van der Waals surface area contributed by atoms with Crippen molar-refractivity contribution in [1.82, 2.24) is 10.2 Å². The van der Waals surface area contributed by atoms with E-state index in [1.54, 1.807) is 12.1 Å². The molecule has 4 heteroatoms. The summed E-state index contributed by atoms with van der Waals surface area (Å²) in [4.78, 5) is 14.2. The number of hydrogen-bond donors (Lipinski definition) is 1. The van der Waals surface area contributed by atoms with Gasteiger partial charge in [0.05, 0.1) is 0 Å². The van der Waals surface area contributed by atoms with Crippen LogP contribution >= 0.6 is 0 Å². The molecule has 0 bridgehead atoms. The summed E-state index contributed by atoms with van der Waals surface area (Å²) in [7, 11) is 2.08. The molecule has 1 fully saturated rings. The lowest BCUT2D eigenvalue weighted by molar-refractivity contribution is 0.0954. The molecule has 0 radical (unpaired) electrons. The number of ketones is 1. The summed E-state index contributed by atoms with van der Waals surface area (Å²) < 4.78 is 12.8. The number of carbonyl (C=O) groups excluding carboxylic acids is 1. The fourth-order valence-electron chi connectivity index (χ4n) is 2.49. The third-order valence-electron chi connectivity index (χ3n) is 3.79. The third-order valence-corrected chi connectivity index (χ3v) is 3.79. The first kappa shape index (κ1) is 14.2. The molecule has 1 aromatic carbocycles. The summed E-state index contributed by atoms with van der Waals surface area (Å²) in [6, 6.07) is 6.36. The quantitative estimate of drug-likeness (QED) is 0.826. The van der Waals surface area contributed by atoms with Gasteiger partial charge >= 0.3 is 0 Å². The van der Waals surface area contributed by atoms with Crippen LogP contribution in [0.1, 0.15) is 29.6 Å². The van der Waals surface area contributed by atoms with Crippen molar-refractivity contribution < 1.29 is 9.18 Å². The average molecular weight is 264 g/mol. The van der Waals surface area contributed by atoms with Crippen LogP contribution in [0.4, 0.5) is 4.39 Å². The minimum absolute atomic E-state index is 0.0841. The highest BCUT2D eigenvalue weighted by molar-refractivity contribution is 5.96. The van der Waals surface area contributed by atoms with Crippen LogP contribution in [0.25, 0.3) is 0 Å². The number of benzene rings is 1. The molecule has 0 spiro atoms. The molecule has 1 aliphatic rings. The van der Waals surface area contributed by atoms with Crippen LogP contribution in [0.15, 0.2) is 24.3 Å². The first-order valence-electron chi connectivity index (χ1n) is 6.86. The molecule has 3 nitrogen and oxygen atoms in total. The van der Waals surface area contributed by atoms with Crippen molar-refractivity contribution in [3.8, 4) is 0 Å². The second-order valence-corrected chi connectivity index (χ2v) is 5.14. The van der Waals surface area contributed by atoms with Gasteiger partial charge in [-0.25, -0.2) is 4.39 Å². The first-order chi connectivity index (χ1) is 9.16. The fraction of sp³-hybridized carbons (Fsp3) is 0.533. The lowest BCUT2D eigenvalue weighted by Gasteiger charge is -2.31. The number of rotatable bonds is 5. The molecular formula is C15H21FN2O. The molecule has 2 rings (SSSR count). The van der Waals surface area contributed by atoms with Crippen molar-refractivity contribution >= 4 is 5.78 Å². The maximum atomic E-state index is 12.8. The Balaban J connectivity index is 1.81. The molecule has 19 heavy (non-hydrogen) atoms. The van der Waals surface area contributed by atoms with Crippen molar-refractivity contribution in [3.63, 3.8) is 0 Å². The Bertz CT molecular complexity index is 413. The van der Waals surface area contributed by atoms with Crippen molar-refractivity contribution in [2.45, 2.75) is 25.3 Å². The zero-order chi connectivity index (χ0) is 13.7. The second kappa shape index (κ2) is 6.78. The Labute approximate surface area is 113 Å². The van der Waals surface area contributed by atoms with Crippen LogP contribution < -0.4 is 5.32 Å². The second-order valence-electron chi connectivity index (χ2n) is 5.14. The van der Waals surface area contributed by atoms with Crippen LogP contribution in [0.3, 0.4) is 0 Å². The molecule has 104 valence electrons. The smallest absolute Gasteiger partial charge is 0.164 e. The van der Waals surface area contributed by atoms with Gasteiger partial charge < -0.3 is 10.2 Å². The fourth-order valence-corrected chi connectivity index (χ4v) is 2.49. The number of hydrogen-bond acceptors (Lipinski definition) is 3. The summed E-state index contributed by atoms with van der Waals surface area (Å²) in [6.45, 7) is 2.88. The van der Waals surface area contributed by atoms with E-state index in [1.807, 2.05) is 0 Å². The van der Waals surface area contributed by atoms with E-state index in [-0.39, 0.29) is 11.6 Å². The van der Waals surface area contributed by atoms with E-state index in [2.05, 4.69) is 17.3 Å². The van der Waals surface area contributed by atoms with Gasteiger partial charge in [0.25, 0.3) is 0 Å². The average Bonchev–Trinajstić information content (AvgIpc) is 2.46. The van der Waals surface area contributed by atoms with Gasteiger partial charge in [-0.15, -0.1) is 0 Å². The SMILES string of the molecule is CN(CCC(=O)c1ccc(F)cc1)C1CCNCC1. The highest BCUT2D eigenvalue weighted by Gasteiger charge is 2.18. The van der Waals surface area contributed by atoms with Crippen LogP contribution in [0.5, 0.6) is 0 Å². The van der Waals surface area contributed by atoms with Gasteiger partial charge in [0.1, 0.15) is 5.82 Å². The Kier molecular flexibility index (Phi) is 5.05. The molecule has 1 saturated heterocycles. The Morgan fingerprint density at radius 2 is 1.95 bits per heavy atom. The monoisotopic (exact) mass is 264 g/mol. The Hall–Kier alpha value is -1.26. The lowest BCUT2D eigenvalue weighted by Crippen LogP contribution is -2.41. The van der Waals surface area contributed by atoms with Crippen molar-refractivity contribution in [1.29, 1.82) is 0 Å². The summed E-state index contributed by atoms with van der Waals surface area (Å²) in [5, 5.41) is 3.34. The first-order valence-corrected chi connectivity index (χ1v) is 6.86. The molecule has 0 aromatic heterocycles. The zero-order valence-corrected chi connectivity index (χ0v) is 11.4. The normalized spacial score (nSPS) is 16.8. The van der Waals surface area contributed by atoms with Crippen molar-refractivity contribution in [2.75, 3.05) is 26.7 Å². The summed E-state index contributed by atoms with van der Waals surface area (Å²) >= 11 is 0. The highest BCUT2D eigenvalue weighted by atomic mass is 19.1. The van der Waals surface area contributed by atoms with Crippen molar-refractivity contribution in [2.24, 2.45) is 0 Å². The number of piperidine rings is 1. The summed E-state index contributed by atoms with van der Waals surface area (Å²) in [6.07, 6.45) is 2.77. The Morgan fingerprint density at radius 1 is 1.32 bits per heavy atom. The number of nitrogens with zero attached hydrogens (tertiary/aromatic N) is 1. The molecular weight excluding hydrogens is 243 g/mol. The van der Waals surface area contributed by atoms with Gasteiger partial charge in [-0.1, -0.05) is 0 Å². The van der Waals surface area contributed by atoms with Crippen LogP contribution in [0, 0.1) is 5.82 Å². The molecule has 1 heterocycles. The van der Waals surface area contributed by atoms with E-state index < -0.39 is 0 Å². The molecule has 0 saturated carbocycles. The number of carbonyl (C=O) groups is 1. The van der Waals surface area contributed by atoms with Crippen LogP contribution in [-0.2, 0) is 0 Å². The molecule has 0 unspecified atom stereocenters. The number of halogens is 1. The zero-order valence-electron chi connectivity index (χ0n) is 11.4. The molecule has 0 amide bonds. The van der Waals surface area contributed by atoms with Crippen LogP contribution in [-0.4, -0.2) is 43.4 Å². The minimum Gasteiger partial charge on any atom is -0.317 e. The predicted molar refractivity (Wildman–Crippen MR) is 73.9 cm³/mol. The molecule has 0 aliphatic carbocycles. The Morgan fingerprint density at radius 3 is 2.58 bits per heavy atom. The highest BCUT2D eigenvalue weighted by Crippen LogP contribution is 2.12. The van der Waals surface area contributed by atoms with Gasteiger partial charge in [-0.3, -0.25) is 4.79 Å². The summed E-state index contributed by atoms with van der Waals surface area (Å²) in [5.74, 6) is -0.218. The van der Waals surface area contributed by atoms with Crippen LogP contribution in [0.2, 0.25) is 0 Å². The lowest BCUT2D eigenvalue weighted by atomic mass is 10.0. The van der Waals surface area contributed by atoms with E-state index >= 15 is 0 Å². The minimum atomic E-state index is -0.302. The summed E-state index contributed by atoms with van der Waals surface area (Å²) in [5.41, 5.74) is 0.597. The van der Waals surface area contributed by atoms with Gasteiger partial charge in [0.15, 0.2) is 5.78 Å². The molecule has 1 N–H and O–H groups in total. The standard InChI is InChI=1S/C15H21FN2O/c1-18(14-6-9-17-10-7-14)11-8-15(19)12-2-4-13(16)5-3-12/h2-5,14,17H,6-11H2,1H3. The predicted octanol–water partition coefficient (Wildman–Crippen LogP) is 2.08. The number of nitrogens with one attached hydrogen (secondary N) is 1. The third kappa shape index (κ3) is 4.11. The van der Waals surface area contributed by atoms with Gasteiger partial charge in [-0.2, -0.15) is 0 Å². The van der Waals surface area contributed by atoms with E-state index in [0.717, 1.165) is 32.5 Å². The maximum absolute atomic E-state index is 12.8. The van der Waals surface area contributed by atoms with Gasteiger partial charge in [-0.05, 0) is 57.2 Å². The van der Waals surface area contributed by atoms with E-state index in [9.17, 15) is 9.18 Å². The topological polar surface area (TPSA) is 32.3 Å². The van der Waals surface area contributed by atoms with E-state index in [4.69, 9.17) is 0 Å². The van der Waals surface area contributed by atoms with E-state index in [1.165, 1.54) is 12.1 Å². The number of Topliss-reactive ketones (excluding diaryl/α,β-unsaturated/α-hetero) is 1. The molecule has 1 aromatic rings. The molecule has 1 aliphatic heterocycles. The van der Waals surface area contributed by atoms with E-state index in [0.29, 0.717) is 18.0 Å². The molecule has 0 atom stereocenters. The van der Waals surface area contributed by atoms with Crippen molar-refractivity contribution in [3.05, 3.63) is 35.6 Å².